The molecule has 0 atom stereocenters. The molecule has 14 heteroatoms. The van der Waals surface area contributed by atoms with Gasteiger partial charge in [0.05, 0.1) is 32.6 Å². The molecule has 0 radical (unpaired) electrons. The second kappa shape index (κ2) is 12.7. The molecule has 0 amide bonds. The van der Waals surface area contributed by atoms with E-state index in [1.54, 1.807) is 43.5 Å². The van der Waals surface area contributed by atoms with Gasteiger partial charge in [-0.2, -0.15) is 12.7 Å². The Morgan fingerprint density at radius 2 is 1.84 bits per heavy atom. The predicted octanol–water partition coefficient (Wildman–Crippen LogP) is 5.60. The van der Waals surface area contributed by atoms with E-state index in [9.17, 15) is 8.42 Å². The smallest absolute Gasteiger partial charge is 0.301 e. The average molecular weight is 643 g/mol. The van der Waals surface area contributed by atoms with Crippen LogP contribution >= 0.6 is 11.3 Å². The summed E-state index contributed by atoms with van der Waals surface area (Å²) >= 11 is 1.37. The summed E-state index contributed by atoms with van der Waals surface area (Å²) in [5.41, 5.74) is 1.44. The van der Waals surface area contributed by atoms with Crippen molar-refractivity contribution < 1.29 is 17.2 Å². The number of hydrogen-bond donors (Lipinski definition) is 3. The number of halogens is 2. The molecule has 10 nitrogen and oxygen atoms in total. The summed E-state index contributed by atoms with van der Waals surface area (Å²) in [4.78, 5) is 16.4. The molecule has 0 saturated carbocycles. The lowest BCUT2D eigenvalue weighted by molar-refractivity contribution is 0.491. The van der Waals surface area contributed by atoms with Crippen LogP contribution in [0.25, 0.3) is 21.8 Å². The van der Waals surface area contributed by atoms with Crippen LogP contribution in [0.5, 0.6) is 0 Å². The Morgan fingerprint density at radius 1 is 1.09 bits per heavy atom. The first kappa shape index (κ1) is 31.7. The summed E-state index contributed by atoms with van der Waals surface area (Å²) in [7, 11) is -2.54. The lowest BCUT2D eigenvalue weighted by atomic mass is 9.98. The van der Waals surface area contributed by atoms with Crippen molar-refractivity contribution in [1.29, 1.82) is 0 Å². The number of piperazine rings is 1. The van der Waals surface area contributed by atoms with E-state index in [4.69, 9.17) is 4.98 Å². The summed E-state index contributed by atoms with van der Waals surface area (Å²) < 4.78 is 59.7. The molecule has 1 aliphatic heterocycles. The maximum Gasteiger partial charge on any atom is 0.301 e. The highest BCUT2D eigenvalue weighted by Crippen LogP contribution is 2.42. The van der Waals surface area contributed by atoms with Gasteiger partial charge in [-0.1, -0.05) is 33.8 Å². The highest BCUT2D eigenvalue weighted by Gasteiger charge is 2.27. The number of hydrogen-bond acceptors (Lipinski definition) is 9. The van der Waals surface area contributed by atoms with Crippen molar-refractivity contribution in [1.82, 2.24) is 24.6 Å². The van der Waals surface area contributed by atoms with Crippen molar-refractivity contribution in [2.45, 2.75) is 33.1 Å². The van der Waals surface area contributed by atoms with Gasteiger partial charge in [0.2, 0.25) is 5.95 Å². The Balaban J connectivity index is 1.50. The van der Waals surface area contributed by atoms with Gasteiger partial charge in [-0.25, -0.2) is 23.7 Å². The van der Waals surface area contributed by atoms with Crippen LogP contribution in [0.1, 0.15) is 32.7 Å². The Labute approximate surface area is 260 Å². The van der Waals surface area contributed by atoms with Gasteiger partial charge in [0, 0.05) is 62.6 Å². The maximum atomic E-state index is 16.0. The Hall–Kier alpha value is -3.72. The zero-order valence-electron chi connectivity index (χ0n) is 25.3. The van der Waals surface area contributed by atoms with Crippen LogP contribution in [0.4, 0.5) is 31.8 Å². The number of aromatic nitrogens is 3. The van der Waals surface area contributed by atoms with E-state index < -0.39 is 16.0 Å². The molecule has 0 unspecified atom stereocenters. The molecule has 1 aliphatic rings. The zero-order valence-corrected chi connectivity index (χ0v) is 26.9. The second-order valence-corrected chi connectivity index (χ2v) is 14.2. The van der Waals surface area contributed by atoms with Crippen molar-refractivity contribution in [3.63, 3.8) is 0 Å². The number of nitrogens with one attached hydrogen (secondary N) is 3. The van der Waals surface area contributed by atoms with E-state index in [2.05, 4.69) is 25.3 Å². The van der Waals surface area contributed by atoms with E-state index in [0.717, 1.165) is 35.5 Å². The van der Waals surface area contributed by atoms with Gasteiger partial charge < -0.3 is 15.5 Å². The molecule has 0 aliphatic carbocycles. The lowest BCUT2D eigenvalue weighted by Gasteiger charge is -2.29. The molecule has 234 valence electrons. The first-order valence-corrected chi connectivity index (χ1v) is 16.5. The summed E-state index contributed by atoms with van der Waals surface area (Å²) in [6.07, 6.45) is 1.57. The van der Waals surface area contributed by atoms with Gasteiger partial charge in [-0.15, -0.1) is 11.3 Å². The third-order valence-corrected chi connectivity index (χ3v) is 10.2. The van der Waals surface area contributed by atoms with E-state index >= 15 is 8.78 Å². The normalized spacial score (nSPS) is 14.2. The van der Waals surface area contributed by atoms with Gasteiger partial charge in [0.25, 0.3) is 0 Å². The lowest BCUT2D eigenvalue weighted by Crippen LogP contribution is -2.43. The Bertz CT molecular complexity index is 1750. The average Bonchev–Trinajstić information content (AvgIpc) is 3.45. The topological polar surface area (TPSA) is 115 Å². The molecule has 2 aromatic heterocycles. The summed E-state index contributed by atoms with van der Waals surface area (Å²) in [5, 5.41) is 7.09. The van der Waals surface area contributed by atoms with Crippen molar-refractivity contribution in [2.75, 3.05) is 54.7 Å². The van der Waals surface area contributed by atoms with Crippen LogP contribution in [0, 0.1) is 11.6 Å². The van der Waals surface area contributed by atoms with Gasteiger partial charge in [-0.3, -0.25) is 4.72 Å². The van der Waals surface area contributed by atoms with Crippen LogP contribution in [-0.4, -0.2) is 67.4 Å². The fourth-order valence-electron chi connectivity index (χ4n) is 4.60. The Kier molecular flexibility index (Phi) is 9.16. The minimum Gasteiger partial charge on any atom is -0.367 e. The molecule has 3 heterocycles. The van der Waals surface area contributed by atoms with Crippen LogP contribution in [0.2, 0.25) is 0 Å². The summed E-state index contributed by atoms with van der Waals surface area (Å²) in [6, 6.07) is 11.1. The molecule has 4 aromatic rings. The number of rotatable bonds is 9. The fraction of sp³-hybridized carbons (Fsp3) is 0.367. The zero-order chi connectivity index (χ0) is 31.6. The molecular weight excluding hydrogens is 607 g/mol. The summed E-state index contributed by atoms with van der Waals surface area (Å²) in [6.45, 7) is 11.0. The fourth-order valence-corrected chi connectivity index (χ4v) is 6.64. The quantitative estimate of drug-likeness (QED) is 0.216. The minimum absolute atomic E-state index is 0.129. The van der Waals surface area contributed by atoms with E-state index in [-0.39, 0.29) is 35.0 Å². The summed E-state index contributed by atoms with van der Waals surface area (Å²) in [5.74, 6) is -0.859. The third-order valence-electron chi connectivity index (χ3n) is 7.17. The molecule has 0 bridgehead atoms. The Morgan fingerprint density at radius 3 is 2.52 bits per heavy atom. The highest BCUT2D eigenvalue weighted by molar-refractivity contribution is 7.90. The standard InChI is InChI=1S/C30H36F2N8O2S2/c1-6-39(5)44(41,42)38-22-9-7-8-20(25(22)32)26-27(43-28(37-26)30(2,3)4)23-12-13-34-29(36-23)35-19-10-11-24(21(31)18-19)40-16-14-33-15-17-40/h7-13,18,33,38H,6,14-17H2,1-5H3,(H,34,35,36). The van der Waals surface area contributed by atoms with Gasteiger partial charge in [-0.05, 0) is 36.4 Å². The maximum absolute atomic E-state index is 16.0. The first-order chi connectivity index (χ1) is 20.9. The van der Waals surface area contributed by atoms with E-state index in [1.165, 1.54) is 30.5 Å². The molecule has 0 spiro atoms. The van der Waals surface area contributed by atoms with E-state index in [0.29, 0.717) is 27.6 Å². The largest absolute Gasteiger partial charge is 0.367 e. The van der Waals surface area contributed by atoms with Crippen LogP contribution < -0.4 is 20.3 Å². The molecule has 1 fully saturated rings. The van der Waals surface area contributed by atoms with Gasteiger partial charge in [0.1, 0.15) is 5.82 Å². The third kappa shape index (κ3) is 6.83. The van der Waals surface area contributed by atoms with Crippen LogP contribution in [-0.2, 0) is 15.6 Å². The monoisotopic (exact) mass is 642 g/mol. The van der Waals surface area contributed by atoms with Crippen LogP contribution in [0.3, 0.4) is 0 Å². The predicted molar refractivity (Wildman–Crippen MR) is 173 cm³/mol. The number of thiazole rings is 1. The molecular formula is C30H36F2N8O2S2. The second-order valence-electron chi connectivity index (χ2n) is 11.4. The highest BCUT2D eigenvalue weighted by atomic mass is 32.2. The number of benzene rings is 2. The van der Waals surface area contributed by atoms with Crippen molar-refractivity contribution in [3.8, 4) is 21.8 Å². The SMILES string of the molecule is CCN(C)S(=O)(=O)Nc1cccc(-c2nc(C(C)(C)C)sc2-c2ccnc(Nc3ccc(N4CCNCC4)c(F)c3)n2)c1F. The molecule has 1 saturated heterocycles. The van der Waals surface area contributed by atoms with Crippen LogP contribution in [0.15, 0.2) is 48.7 Å². The minimum atomic E-state index is -3.95. The molecule has 3 N–H and O–H groups in total. The van der Waals surface area contributed by atoms with Gasteiger partial charge in [0.15, 0.2) is 5.82 Å². The van der Waals surface area contributed by atoms with Crippen molar-refractivity contribution in [3.05, 3.63) is 65.3 Å². The van der Waals surface area contributed by atoms with Crippen molar-refractivity contribution >= 4 is 44.6 Å². The van der Waals surface area contributed by atoms with E-state index in [1.807, 2.05) is 25.7 Å². The van der Waals surface area contributed by atoms with Crippen molar-refractivity contribution in [2.24, 2.45) is 0 Å². The number of nitrogens with zero attached hydrogens (tertiary/aromatic N) is 5. The first-order valence-electron chi connectivity index (χ1n) is 14.3. The van der Waals surface area contributed by atoms with Gasteiger partial charge >= 0.3 is 10.2 Å². The number of anilines is 4. The molecule has 2 aromatic carbocycles. The molecule has 44 heavy (non-hydrogen) atoms. The molecule has 5 rings (SSSR count).